The van der Waals surface area contributed by atoms with E-state index >= 15 is 0 Å². The summed E-state index contributed by atoms with van der Waals surface area (Å²) in [4.78, 5) is 1.36. The highest BCUT2D eigenvalue weighted by molar-refractivity contribution is 9.10. The van der Waals surface area contributed by atoms with Crippen molar-refractivity contribution < 1.29 is 0 Å². The molecule has 1 saturated carbocycles. The summed E-state index contributed by atoms with van der Waals surface area (Å²) >= 11 is 5.42. The zero-order chi connectivity index (χ0) is 14.5. The zero-order valence-corrected chi connectivity index (χ0v) is 14.4. The van der Waals surface area contributed by atoms with E-state index in [1.54, 1.807) is 0 Å². The van der Waals surface area contributed by atoms with Crippen molar-refractivity contribution in [3.05, 3.63) is 64.6 Å². The number of nitrogens with one attached hydrogen (secondary N) is 1. The van der Waals surface area contributed by atoms with Crippen LogP contribution in [0.3, 0.4) is 0 Å². The summed E-state index contributed by atoms with van der Waals surface area (Å²) in [5, 5.41) is 3.67. The second-order valence-corrected chi connectivity index (χ2v) is 7.62. The Balaban J connectivity index is 1.33. The van der Waals surface area contributed by atoms with Crippen LogP contribution >= 0.6 is 27.7 Å². The molecule has 1 aliphatic carbocycles. The van der Waals surface area contributed by atoms with Crippen LogP contribution in [0.15, 0.2) is 64.0 Å². The first-order valence-corrected chi connectivity index (χ1v) is 9.26. The molecule has 0 atom stereocenters. The van der Waals surface area contributed by atoms with Gasteiger partial charge >= 0.3 is 0 Å². The van der Waals surface area contributed by atoms with Crippen LogP contribution in [0.4, 0.5) is 0 Å². The van der Waals surface area contributed by atoms with Crippen LogP contribution in [0.1, 0.15) is 24.3 Å². The lowest BCUT2D eigenvalue weighted by Gasteiger charge is -2.36. The number of rotatable bonds is 6. The summed E-state index contributed by atoms with van der Waals surface area (Å²) in [7, 11) is 0. The van der Waals surface area contributed by atoms with Gasteiger partial charge in [0.2, 0.25) is 0 Å². The van der Waals surface area contributed by atoms with Crippen LogP contribution in [0.5, 0.6) is 0 Å². The van der Waals surface area contributed by atoms with E-state index in [4.69, 9.17) is 0 Å². The van der Waals surface area contributed by atoms with E-state index < -0.39 is 0 Å². The summed E-state index contributed by atoms with van der Waals surface area (Å²) in [5.74, 6) is 1.89. The molecule has 0 aliphatic heterocycles. The van der Waals surface area contributed by atoms with Crippen LogP contribution in [-0.4, -0.2) is 18.3 Å². The number of benzene rings is 2. The predicted octanol–water partition coefficient (Wildman–Crippen LogP) is 5.08. The molecule has 0 spiro atoms. The maximum Gasteiger partial charge on any atom is 0.0175 e. The summed E-state index contributed by atoms with van der Waals surface area (Å²) in [6.07, 6.45) is 2.55. The molecule has 0 saturated heterocycles. The molecule has 1 N–H and O–H groups in total. The van der Waals surface area contributed by atoms with E-state index in [0.29, 0.717) is 6.04 Å². The molecule has 2 aromatic rings. The Labute approximate surface area is 139 Å². The van der Waals surface area contributed by atoms with Crippen molar-refractivity contribution in [1.29, 1.82) is 0 Å². The third-order valence-electron chi connectivity index (χ3n) is 4.03. The van der Waals surface area contributed by atoms with Gasteiger partial charge in [-0.25, -0.2) is 0 Å². The van der Waals surface area contributed by atoms with Gasteiger partial charge in [-0.2, -0.15) is 0 Å². The quantitative estimate of drug-likeness (QED) is 0.568. The third kappa shape index (κ3) is 4.35. The van der Waals surface area contributed by atoms with Crippen molar-refractivity contribution in [3.63, 3.8) is 0 Å². The highest BCUT2D eigenvalue weighted by Crippen LogP contribution is 2.37. The van der Waals surface area contributed by atoms with Crippen molar-refractivity contribution >= 4 is 27.7 Å². The number of hydrogen-bond donors (Lipinski definition) is 1. The molecule has 0 bridgehead atoms. The fourth-order valence-electron chi connectivity index (χ4n) is 2.74. The molecule has 3 rings (SSSR count). The van der Waals surface area contributed by atoms with Crippen LogP contribution in [0.2, 0.25) is 0 Å². The van der Waals surface area contributed by atoms with Gasteiger partial charge in [0, 0.05) is 27.7 Å². The summed E-state index contributed by atoms with van der Waals surface area (Å²) in [5.41, 5.74) is 1.48. The minimum Gasteiger partial charge on any atom is -0.313 e. The average molecular weight is 362 g/mol. The Morgan fingerprint density at radius 2 is 1.71 bits per heavy atom. The summed E-state index contributed by atoms with van der Waals surface area (Å²) in [6.45, 7) is 1.09. The Morgan fingerprint density at radius 3 is 2.43 bits per heavy atom. The largest absolute Gasteiger partial charge is 0.313 e. The van der Waals surface area contributed by atoms with Crippen molar-refractivity contribution in [2.75, 3.05) is 12.3 Å². The van der Waals surface area contributed by atoms with Crippen molar-refractivity contribution in [1.82, 2.24) is 5.32 Å². The minimum atomic E-state index is 0.704. The molecular formula is C18H20BrNS. The molecule has 0 unspecified atom stereocenters. The molecule has 1 fully saturated rings. The van der Waals surface area contributed by atoms with E-state index in [1.807, 2.05) is 11.8 Å². The molecule has 3 heteroatoms. The Bertz CT molecular complexity index is 549. The lowest BCUT2D eigenvalue weighted by molar-refractivity contribution is 0.296. The smallest absolute Gasteiger partial charge is 0.0175 e. The first kappa shape index (κ1) is 15.1. The van der Waals surface area contributed by atoms with Gasteiger partial charge in [0.05, 0.1) is 0 Å². The normalized spacial score (nSPS) is 21.0. The Hall–Kier alpha value is -0.770. The highest BCUT2D eigenvalue weighted by Gasteiger charge is 2.29. The van der Waals surface area contributed by atoms with E-state index in [2.05, 4.69) is 75.8 Å². The molecule has 0 aromatic heterocycles. The average Bonchev–Trinajstić information content (AvgIpc) is 2.48. The molecule has 0 amide bonds. The summed E-state index contributed by atoms with van der Waals surface area (Å²) < 4.78 is 1.16. The van der Waals surface area contributed by atoms with Crippen LogP contribution in [0, 0.1) is 0 Å². The standard InChI is InChI=1S/C18H20BrNS/c19-16-8-6-14(7-9-16)15-12-17(13-15)20-10-11-21-18-4-2-1-3-5-18/h1-9,15,17,20H,10-13H2. The second kappa shape index (κ2) is 7.48. The monoisotopic (exact) mass is 361 g/mol. The van der Waals surface area contributed by atoms with Gasteiger partial charge in [-0.3, -0.25) is 0 Å². The van der Waals surface area contributed by atoms with Crippen molar-refractivity contribution in [2.24, 2.45) is 0 Å². The van der Waals surface area contributed by atoms with Crippen LogP contribution < -0.4 is 5.32 Å². The van der Waals surface area contributed by atoms with E-state index in [1.165, 1.54) is 23.3 Å². The van der Waals surface area contributed by atoms with Crippen LogP contribution in [-0.2, 0) is 0 Å². The van der Waals surface area contributed by atoms with Gasteiger partial charge in [0.25, 0.3) is 0 Å². The predicted molar refractivity (Wildman–Crippen MR) is 95.1 cm³/mol. The first-order valence-electron chi connectivity index (χ1n) is 7.48. The van der Waals surface area contributed by atoms with Gasteiger partial charge in [-0.05, 0) is 48.6 Å². The zero-order valence-electron chi connectivity index (χ0n) is 12.0. The van der Waals surface area contributed by atoms with Gasteiger partial charge in [-0.15, -0.1) is 11.8 Å². The Morgan fingerprint density at radius 1 is 1.00 bits per heavy atom. The molecule has 21 heavy (non-hydrogen) atoms. The van der Waals surface area contributed by atoms with Gasteiger partial charge in [0.1, 0.15) is 0 Å². The van der Waals surface area contributed by atoms with Gasteiger partial charge in [0.15, 0.2) is 0 Å². The van der Waals surface area contributed by atoms with E-state index in [0.717, 1.165) is 22.7 Å². The lowest BCUT2D eigenvalue weighted by Crippen LogP contribution is -2.41. The first-order chi connectivity index (χ1) is 10.3. The Kier molecular flexibility index (Phi) is 5.39. The van der Waals surface area contributed by atoms with Crippen LogP contribution in [0.25, 0.3) is 0 Å². The van der Waals surface area contributed by atoms with Crippen molar-refractivity contribution in [2.45, 2.75) is 29.7 Å². The van der Waals surface area contributed by atoms with Gasteiger partial charge in [-0.1, -0.05) is 46.3 Å². The fourth-order valence-corrected chi connectivity index (χ4v) is 3.81. The molecular weight excluding hydrogens is 342 g/mol. The SMILES string of the molecule is Brc1ccc(C2CC(NCCSc3ccccc3)C2)cc1. The number of halogens is 1. The van der Waals surface area contributed by atoms with Gasteiger partial charge < -0.3 is 5.32 Å². The van der Waals surface area contributed by atoms with E-state index in [-0.39, 0.29) is 0 Å². The maximum absolute atomic E-state index is 3.67. The maximum atomic E-state index is 3.67. The number of hydrogen-bond acceptors (Lipinski definition) is 2. The molecule has 0 heterocycles. The fraction of sp³-hybridized carbons (Fsp3) is 0.333. The molecule has 110 valence electrons. The highest BCUT2D eigenvalue weighted by atomic mass is 79.9. The third-order valence-corrected chi connectivity index (χ3v) is 5.57. The molecule has 0 radical (unpaired) electrons. The molecule has 1 nitrogen and oxygen atoms in total. The molecule has 1 aliphatic rings. The van der Waals surface area contributed by atoms with E-state index in [9.17, 15) is 0 Å². The lowest BCUT2D eigenvalue weighted by atomic mass is 9.76. The topological polar surface area (TPSA) is 12.0 Å². The summed E-state index contributed by atoms with van der Waals surface area (Å²) in [6, 6.07) is 20.1. The van der Waals surface area contributed by atoms with Crippen molar-refractivity contribution in [3.8, 4) is 0 Å². The minimum absolute atomic E-state index is 0.704. The molecule has 2 aromatic carbocycles. The number of thioether (sulfide) groups is 1. The second-order valence-electron chi connectivity index (χ2n) is 5.53.